The molecule has 0 aliphatic carbocycles. The minimum absolute atomic E-state index is 0.0519. The lowest BCUT2D eigenvalue weighted by molar-refractivity contribution is -0.0182. The second-order valence-corrected chi connectivity index (χ2v) is 5.46. The lowest BCUT2D eigenvalue weighted by Gasteiger charge is -2.27. The number of benzene rings is 1. The van der Waals surface area contributed by atoms with Gasteiger partial charge in [0.05, 0.1) is 17.8 Å². The normalized spacial score (nSPS) is 28.5. The van der Waals surface area contributed by atoms with Gasteiger partial charge in [-0.2, -0.15) is 0 Å². The fourth-order valence-electron chi connectivity index (χ4n) is 2.81. The van der Waals surface area contributed by atoms with Crippen LogP contribution >= 0.6 is 0 Å². The molecule has 104 valence electrons. The summed E-state index contributed by atoms with van der Waals surface area (Å²) in [4.78, 5) is 12.4. The van der Waals surface area contributed by atoms with Crippen LogP contribution in [0.1, 0.15) is 49.9 Å². The van der Waals surface area contributed by atoms with E-state index < -0.39 is 5.82 Å². The van der Waals surface area contributed by atoms with Gasteiger partial charge in [0.2, 0.25) is 0 Å². The molecule has 0 bridgehead atoms. The molecule has 1 fully saturated rings. The van der Waals surface area contributed by atoms with Crippen molar-refractivity contribution in [1.29, 1.82) is 0 Å². The Balaban J connectivity index is 2.12. The first-order valence-electron chi connectivity index (χ1n) is 7.02. The molecular weight excluding hydrogens is 243 g/mol. The van der Waals surface area contributed by atoms with Crippen LogP contribution in [-0.4, -0.2) is 18.0 Å². The van der Waals surface area contributed by atoms with Crippen molar-refractivity contribution in [1.82, 2.24) is 0 Å². The van der Waals surface area contributed by atoms with Crippen molar-refractivity contribution >= 4 is 5.78 Å². The molecule has 1 aromatic rings. The van der Waals surface area contributed by atoms with Crippen LogP contribution in [0, 0.1) is 11.7 Å². The summed E-state index contributed by atoms with van der Waals surface area (Å²) in [6.45, 7) is 4.05. The summed E-state index contributed by atoms with van der Waals surface area (Å²) >= 11 is 0. The molecule has 3 atom stereocenters. The van der Waals surface area contributed by atoms with Crippen molar-refractivity contribution in [2.24, 2.45) is 5.92 Å². The van der Waals surface area contributed by atoms with Gasteiger partial charge in [-0.3, -0.25) is 4.79 Å². The lowest BCUT2D eigenvalue weighted by Crippen LogP contribution is -2.27. The van der Waals surface area contributed by atoms with Crippen LogP contribution in [0.2, 0.25) is 0 Å². The number of halogens is 1. The van der Waals surface area contributed by atoms with Crippen molar-refractivity contribution in [2.75, 3.05) is 0 Å². The fourth-order valence-corrected chi connectivity index (χ4v) is 2.81. The SMILES string of the molecule is C[C@@H]1CCCC(C(=O)c2ccccc2F)C[C@@H](C)O1. The number of hydrogen-bond acceptors (Lipinski definition) is 2. The van der Waals surface area contributed by atoms with Crippen LogP contribution < -0.4 is 0 Å². The van der Waals surface area contributed by atoms with E-state index in [0.29, 0.717) is 6.42 Å². The first-order valence-corrected chi connectivity index (χ1v) is 7.02. The Morgan fingerprint density at radius 2 is 1.95 bits per heavy atom. The topological polar surface area (TPSA) is 26.3 Å². The highest BCUT2D eigenvalue weighted by atomic mass is 19.1. The molecule has 19 heavy (non-hydrogen) atoms. The zero-order chi connectivity index (χ0) is 13.8. The van der Waals surface area contributed by atoms with Gasteiger partial charge in [-0.15, -0.1) is 0 Å². The molecule has 1 unspecified atom stereocenters. The standard InChI is InChI=1S/C16H21FO2/c1-11-6-5-7-13(10-12(2)19-11)16(18)14-8-3-4-9-15(14)17/h3-4,8-9,11-13H,5-7,10H2,1-2H3/t11-,12-,13?/m1/s1. The fraction of sp³-hybridized carbons (Fsp3) is 0.562. The molecule has 1 aliphatic heterocycles. The summed E-state index contributed by atoms with van der Waals surface area (Å²) < 4.78 is 19.5. The molecule has 0 aromatic heterocycles. The van der Waals surface area contributed by atoms with Gasteiger partial charge in [-0.1, -0.05) is 18.6 Å². The van der Waals surface area contributed by atoms with Gasteiger partial charge < -0.3 is 4.74 Å². The molecule has 1 saturated heterocycles. The Kier molecular flexibility index (Phi) is 4.70. The molecule has 1 heterocycles. The van der Waals surface area contributed by atoms with Crippen LogP contribution in [0.3, 0.4) is 0 Å². The van der Waals surface area contributed by atoms with Crippen molar-refractivity contribution in [3.05, 3.63) is 35.6 Å². The number of carbonyl (C=O) groups is 1. The Labute approximate surface area is 114 Å². The summed E-state index contributed by atoms with van der Waals surface area (Å²) in [6, 6.07) is 6.24. The average Bonchev–Trinajstić information content (AvgIpc) is 2.35. The molecule has 0 spiro atoms. The van der Waals surface area contributed by atoms with E-state index in [1.54, 1.807) is 18.2 Å². The van der Waals surface area contributed by atoms with E-state index in [-0.39, 0.29) is 29.5 Å². The van der Waals surface area contributed by atoms with Crippen molar-refractivity contribution < 1.29 is 13.9 Å². The third-order valence-electron chi connectivity index (χ3n) is 3.75. The predicted molar refractivity (Wildman–Crippen MR) is 72.7 cm³/mol. The summed E-state index contributed by atoms with van der Waals surface area (Å²) in [7, 11) is 0. The maximum Gasteiger partial charge on any atom is 0.168 e. The maximum absolute atomic E-state index is 13.7. The first kappa shape index (κ1) is 14.2. The third-order valence-corrected chi connectivity index (χ3v) is 3.75. The van der Waals surface area contributed by atoms with Crippen LogP contribution in [0.5, 0.6) is 0 Å². The van der Waals surface area contributed by atoms with E-state index in [0.717, 1.165) is 19.3 Å². The van der Waals surface area contributed by atoms with Gasteiger partial charge in [-0.05, 0) is 45.2 Å². The number of rotatable bonds is 2. The summed E-state index contributed by atoms with van der Waals surface area (Å²) in [5.74, 6) is -0.626. The predicted octanol–water partition coefficient (Wildman–Crippen LogP) is 3.99. The number of ether oxygens (including phenoxy) is 1. The zero-order valence-corrected chi connectivity index (χ0v) is 11.6. The molecule has 1 aromatic carbocycles. The van der Waals surface area contributed by atoms with E-state index >= 15 is 0 Å². The highest BCUT2D eigenvalue weighted by molar-refractivity contribution is 5.98. The molecule has 2 rings (SSSR count). The van der Waals surface area contributed by atoms with Gasteiger partial charge in [0, 0.05) is 5.92 Å². The monoisotopic (exact) mass is 264 g/mol. The molecular formula is C16H21FO2. The Morgan fingerprint density at radius 3 is 2.68 bits per heavy atom. The van der Waals surface area contributed by atoms with Crippen molar-refractivity contribution in [3.63, 3.8) is 0 Å². The smallest absolute Gasteiger partial charge is 0.168 e. The number of hydrogen-bond donors (Lipinski definition) is 0. The van der Waals surface area contributed by atoms with E-state index in [1.165, 1.54) is 6.07 Å². The number of Topliss-reactive ketones (excluding diaryl/α,β-unsaturated/α-hetero) is 1. The summed E-state index contributed by atoms with van der Waals surface area (Å²) in [5, 5.41) is 0. The summed E-state index contributed by atoms with van der Waals surface area (Å²) in [6.07, 6.45) is 3.72. The quantitative estimate of drug-likeness (QED) is 0.755. The molecule has 0 saturated carbocycles. The minimum atomic E-state index is -0.420. The first-order chi connectivity index (χ1) is 9.08. The van der Waals surface area contributed by atoms with Crippen LogP contribution in [0.25, 0.3) is 0 Å². The van der Waals surface area contributed by atoms with Crippen molar-refractivity contribution in [3.8, 4) is 0 Å². The van der Waals surface area contributed by atoms with E-state index in [2.05, 4.69) is 6.92 Å². The average molecular weight is 264 g/mol. The van der Waals surface area contributed by atoms with Crippen molar-refractivity contribution in [2.45, 2.75) is 51.7 Å². The van der Waals surface area contributed by atoms with Gasteiger partial charge >= 0.3 is 0 Å². The molecule has 1 aliphatic rings. The second kappa shape index (κ2) is 6.29. The van der Waals surface area contributed by atoms with Crippen LogP contribution in [-0.2, 0) is 4.74 Å². The van der Waals surface area contributed by atoms with E-state index in [4.69, 9.17) is 4.74 Å². The Hall–Kier alpha value is -1.22. The van der Waals surface area contributed by atoms with Crippen LogP contribution in [0.15, 0.2) is 24.3 Å². The lowest BCUT2D eigenvalue weighted by atomic mass is 9.87. The van der Waals surface area contributed by atoms with Gasteiger partial charge in [0.1, 0.15) is 5.82 Å². The molecule has 0 radical (unpaired) electrons. The zero-order valence-electron chi connectivity index (χ0n) is 11.6. The number of ketones is 1. The molecule has 0 N–H and O–H groups in total. The second-order valence-electron chi connectivity index (χ2n) is 5.46. The highest BCUT2D eigenvalue weighted by Gasteiger charge is 2.27. The summed E-state index contributed by atoms with van der Waals surface area (Å²) in [5.41, 5.74) is 0.216. The Morgan fingerprint density at radius 1 is 1.21 bits per heavy atom. The van der Waals surface area contributed by atoms with Gasteiger partial charge in [0.15, 0.2) is 5.78 Å². The third kappa shape index (κ3) is 3.63. The maximum atomic E-state index is 13.7. The minimum Gasteiger partial charge on any atom is -0.376 e. The molecule has 0 amide bonds. The van der Waals surface area contributed by atoms with Gasteiger partial charge in [0.25, 0.3) is 0 Å². The molecule has 3 heteroatoms. The van der Waals surface area contributed by atoms with Crippen LogP contribution in [0.4, 0.5) is 4.39 Å². The van der Waals surface area contributed by atoms with Gasteiger partial charge in [-0.25, -0.2) is 4.39 Å². The highest BCUT2D eigenvalue weighted by Crippen LogP contribution is 2.26. The largest absolute Gasteiger partial charge is 0.376 e. The van der Waals surface area contributed by atoms with E-state index in [1.807, 2.05) is 6.92 Å². The molecule has 2 nitrogen and oxygen atoms in total. The Bertz CT molecular complexity index is 444. The number of carbonyl (C=O) groups excluding carboxylic acids is 1. The van der Waals surface area contributed by atoms with E-state index in [9.17, 15) is 9.18 Å².